The lowest BCUT2D eigenvalue weighted by Crippen LogP contribution is -2.00. The van der Waals surface area contributed by atoms with E-state index < -0.39 is 0 Å². The van der Waals surface area contributed by atoms with Crippen molar-refractivity contribution in [2.45, 2.75) is 13.5 Å². The van der Waals surface area contributed by atoms with Crippen LogP contribution in [0.3, 0.4) is 0 Å². The minimum absolute atomic E-state index is 0.604. The fourth-order valence-electron chi connectivity index (χ4n) is 3.30. The Balaban J connectivity index is 2.35. The minimum Gasteiger partial charge on any atom is -0.326 e. The molecule has 0 radical (unpaired) electrons. The van der Waals surface area contributed by atoms with Crippen molar-refractivity contribution in [1.82, 2.24) is 0 Å². The van der Waals surface area contributed by atoms with Crippen LogP contribution in [0.5, 0.6) is 0 Å². The van der Waals surface area contributed by atoms with E-state index in [9.17, 15) is 0 Å². The Morgan fingerprint density at radius 2 is 1.26 bits per heavy atom. The first-order chi connectivity index (χ1) is 9.31. The van der Waals surface area contributed by atoms with Gasteiger partial charge in [0, 0.05) is 6.54 Å². The number of rotatable bonds is 1. The second-order valence-corrected chi connectivity index (χ2v) is 5.18. The number of hydrogen-bond acceptors (Lipinski definition) is 1. The van der Waals surface area contributed by atoms with Crippen LogP contribution in [0.15, 0.2) is 48.5 Å². The molecular formula is C18H15N. The maximum Gasteiger partial charge on any atom is 0.0180 e. The zero-order chi connectivity index (χ0) is 13.0. The van der Waals surface area contributed by atoms with E-state index in [1.807, 2.05) is 0 Å². The van der Waals surface area contributed by atoms with E-state index in [2.05, 4.69) is 55.5 Å². The quantitative estimate of drug-likeness (QED) is 0.496. The normalized spacial score (nSPS) is 11.9. The van der Waals surface area contributed by atoms with Crippen LogP contribution < -0.4 is 5.73 Å². The van der Waals surface area contributed by atoms with Gasteiger partial charge in [0.2, 0.25) is 0 Å². The van der Waals surface area contributed by atoms with Gasteiger partial charge in [-0.3, -0.25) is 0 Å². The van der Waals surface area contributed by atoms with Gasteiger partial charge in [0.15, 0.2) is 0 Å². The van der Waals surface area contributed by atoms with Crippen molar-refractivity contribution in [2.24, 2.45) is 5.73 Å². The third-order valence-corrected chi connectivity index (χ3v) is 4.28. The molecule has 2 bridgehead atoms. The van der Waals surface area contributed by atoms with Gasteiger partial charge >= 0.3 is 0 Å². The lowest BCUT2D eigenvalue weighted by atomic mass is 9.88. The van der Waals surface area contributed by atoms with Crippen LogP contribution in [-0.4, -0.2) is 0 Å². The molecule has 0 aliphatic rings. The Morgan fingerprint density at radius 3 is 1.95 bits per heavy atom. The molecule has 1 heteroatoms. The molecule has 0 unspecified atom stereocenters. The third-order valence-electron chi connectivity index (χ3n) is 4.28. The fourth-order valence-corrected chi connectivity index (χ4v) is 3.30. The van der Waals surface area contributed by atoms with E-state index in [1.54, 1.807) is 0 Å². The van der Waals surface area contributed by atoms with Gasteiger partial charge in [0.1, 0.15) is 0 Å². The van der Waals surface area contributed by atoms with E-state index >= 15 is 0 Å². The van der Waals surface area contributed by atoms with Gasteiger partial charge in [0.25, 0.3) is 0 Å². The summed E-state index contributed by atoms with van der Waals surface area (Å²) in [4.78, 5) is 0. The maximum absolute atomic E-state index is 5.84. The van der Waals surface area contributed by atoms with Crippen molar-refractivity contribution in [1.29, 1.82) is 0 Å². The zero-order valence-electron chi connectivity index (χ0n) is 10.9. The number of benzene rings is 5. The van der Waals surface area contributed by atoms with E-state index in [1.165, 1.54) is 43.4 Å². The summed E-state index contributed by atoms with van der Waals surface area (Å²) < 4.78 is 0. The van der Waals surface area contributed by atoms with Crippen molar-refractivity contribution in [3.63, 3.8) is 0 Å². The monoisotopic (exact) mass is 245 g/mol. The Morgan fingerprint density at radius 1 is 0.737 bits per heavy atom. The van der Waals surface area contributed by atoms with Gasteiger partial charge in [-0.25, -0.2) is 0 Å². The van der Waals surface area contributed by atoms with E-state index in [-0.39, 0.29) is 0 Å². The van der Waals surface area contributed by atoms with Gasteiger partial charge in [-0.05, 0) is 50.4 Å². The van der Waals surface area contributed by atoms with Crippen molar-refractivity contribution in [3.8, 4) is 0 Å². The van der Waals surface area contributed by atoms with Crippen molar-refractivity contribution in [3.05, 3.63) is 59.7 Å². The molecule has 5 aromatic carbocycles. The molecule has 19 heavy (non-hydrogen) atoms. The molecule has 0 amide bonds. The van der Waals surface area contributed by atoms with Gasteiger partial charge in [-0.2, -0.15) is 0 Å². The molecule has 0 atom stereocenters. The van der Waals surface area contributed by atoms with Crippen LogP contribution in [0, 0.1) is 6.92 Å². The van der Waals surface area contributed by atoms with Gasteiger partial charge in [-0.15, -0.1) is 0 Å². The van der Waals surface area contributed by atoms with Gasteiger partial charge in [0.05, 0.1) is 0 Å². The van der Waals surface area contributed by atoms with Crippen LogP contribution in [0.4, 0.5) is 0 Å². The van der Waals surface area contributed by atoms with E-state index in [0.29, 0.717) is 6.54 Å². The molecule has 5 rings (SSSR count). The molecular weight excluding hydrogens is 230 g/mol. The summed E-state index contributed by atoms with van der Waals surface area (Å²) in [6.07, 6.45) is 0. The molecule has 0 spiro atoms. The van der Waals surface area contributed by atoms with Crippen LogP contribution >= 0.6 is 0 Å². The SMILES string of the molecule is Cc1c(CN)ccc2c3ccc(c4ccccc34)c12. The Bertz CT molecular complexity index is 906. The first kappa shape index (κ1) is 10.8. The highest BCUT2D eigenvalue weighted by molar-refractivity contribution is 6.27. The highest BCUT2D eigenvalue weighted by Crippen LogP contribution is 2.39. The largest absolute Gasteiger partial charge is 0.326 e. The molecule has 0 aromatic heterocycles. The zero-order valence-corrected chi connectivity index (χ0v) is 10.9. The summed E-state index contributed by atoms with van der Waals surface area (Å²) in [5.74, 6) is 0. The number of aryl methyl sites for hydroxylation is 1. The van der Waals surface area contributed by atoms with Crippen molar-refractivity contribution in [2.75, 3.05) is 0 Å². The van der Waals surface area contributed by atoms with Crippen LogP contribution in [0.1, 0.15) is 11.1 Å². The number of hydrogen-bond donors (Lipinski definition) is 1. The Kier molecular flexibility index (Phi) is 2.09. The van der Waals surface area contributed by atoms with E-state index in [0.717, 1.165) is 0 Å². The molecule has 0 saturated heterocycles. The van der Waals surface area contributed by atoms with Crippen molar-refractivity contribution >= 4 is 32.3 Å². The summed E-state index contributed by atoms with van der Waals surface area (Å²) in [6, 6.07) is 17.5. The topological polar surface area (TPSA) is 26.0 Å². The van der Waals surface area contributed by atoms with Crippen LogP contribution in [-0.2, 0) is 6.54 Å². The van der Waals surface area contributed by atoms with Gasteiger partial charge < -0.3 is 5.73 Å². The second kappa shape index (κ2) is 3.69. The summed E-state index contributed by atoms with van der Waals surface area (Å²) in [7, 11) is 0. The summed E-state index contributed by atoms with van der Waals surface area (Å²) in [5, 5.41) is 8.11. The smallest absolute Gasteiger partial charge is 0.0180 e. The molecule has 0 fully saturated rings. The Labute approximate surface area is 112 Å². The molecule has 0 aliphatic heterocycles. The lowest BCUT2D eigenvalue weighted by molar-refractivity contribution is 1.06. The van der Waals surface area contributed by atoms with Crippen LogP contribution in [0.25, 0.3) is 32.3 Å². The maximum atomic E-state index is 5.84. The molecule has 0 aliphatic carbocycles. The standard InChI is InChI=1S/C18H15N/c1-11-12(10-19)6-7-16-15-8-9-17(18(11)16)14-5-3-2-4-13(14)15/h2-9H,10,19H2,1H3. The molecule has 0 heterocycles. The second-order valence-electron chi connectivity index (χ2n) is 5.18. The van der Waals surface area contributed by atoms with Crippen LogP contribution in [0.2, 0.25) is 0 Å². The molecule has 2 N–H and O–H groups in total. The van der Waals surface area contributed by atoms with Crippen molar-refractivity contribution < 1.29 is 0 Å². The first-order valence-corrected chi connectivity index (χ1v) is 6.66. The highest BCUT2D eigenvalue weighted by atomic mass is 14.5. The summed E-state index contributed by atoms with van der Waals surface area (Å²) >= 11 is 0. The summed E-state index contributed by atoms with van der Waals surface area (Å²) in [5.41, 5.74) is 8.41. The Hall–Kier alpha value is -2.12. The average Bonchev–Trinajstić information content (AvgIpc) is 2.48. The summed E-state index contributed by atoms with van der Waals surface area (Å²) in [6.45, 7) is 2.79. The first-order valence-electron chi connectivity index (χ1n) is 6.66. The fraction of sp³-hybridized carbons (Fsp3) is 0.111. The molecule has 0 saturated carbocycles. The third kappa shape index (κ3) is 1.28. The predicted octanol–water partition coefficient (Wildman–Crippen LogP) is 4.35. The highest BCUT2D eigenvalue weighted by Gasteiger charge is 2.13. The van der Waals surface area contributed by atoms with Gasteiger partial charge in [-0.1, -0.05) is 48.5 Å². The molecule has 92 valence electrons. The lowest BCUT2D eigenvalue weighted by Gasteiger charge is -2.16. The molecule has 5 aromatic rings. The molecule has 1 nitrogen and oxygen atoms in total. The number of nitrogens with two attached hydrogens (primary N) is 1. The minimum atomic E-state index is 0.604. The predicted molar refractivity (Wildman–Crippen MR) is 82.8 cm³/mol. The average molecular weight is 245 g/mol. The number of fused-ring (bicyclic) bond motifs is 1. The van der Waals surface area contributed by atoms with E-state index in [4.69, 9.17) is 5.73 Å².